The SMILES string of the molecule is CCOc1ccc(CN(CCCn2ccnc2)C(=O)Nc2cccc([N+](=O)[O-])c2)cc1. The largest absolute Gasteiger partial charge is 0.494 e. The molecule has 0 aliphatic rings. The van der Waals surface area contributed by atoms with Gasteiger partial charge in [-0.1, -0.05) is 18.2 Å². The molecule has 0 aliphatic carbocycles. The molecular weight excluding hydrogens is 398 g/mol. The number of nitro groups is 1. The monoisotopic (exact) mass is 423 g/mol. The van der Waals surface area contributed by atoms with Crippen molar-refractivity contribution in [3.8, 4) is 5.75 Å². The first-order valence-corrected chi connectivity index (χ1v) is 10.0. The maximum Gasteiger partial charge on any atom is 0.322 e. The molecule has 0 bridgehead atoms. The van der Waals surface area contributed by atoms with Gasteiger partial charge in [-0.3, -0.25) is 10.1 Å². The number of carbonyl (C=O) groups excluding carboxylic acids is 1. The zero-order valence-electron chi connectivity index (χ0n) is 17.3. The van der Waals surface area contributed by atoms with E-state index in [-0.39, 0.29) is 11.7 Å². The number of nitro benzene ring substituents is 1. The molecule has 9 heteroatoms. The number of imidazole rings is 1. The minimum Gasteiger partial charge on any atom is -0.494 e. The van der Waals surface area contributed by atoms with Crippen LogP contribution in [0.2, 0.25) is 0 Å². The van der Waals surface area contributed by atoms with Crippen LogP contribution < -0.4 is 10.1 Å². The Morgan fingerprint density at radius 2 is 2.06 bits per heavy atom. The number of nitrogens with zero attached hydrogens (tertiary/aromatic N) is 4. The molecule has 1 aromatic heterocycles. The highest BCUT2D eigenvalue weighted by atomic mass is 16.6. The van der Waals surface area contributed by atoms with Gasteiger partial charge in [0.25, 0.3) is 5.69 Å². The summed E-state index contributed by atoms with van der Waals surface area (Å²) in [6, 6.07) is 13.2. The number of anilines is 1. The van der Waals surface area contributed by atoms with Crippen molar-refractivity contribution in [2.24, 2.45) is 0 Å². The topological polar surface area (TPSA) is 103 Å². The molecule has 9 nitrogen and oxygen atoms in total. The molecule has 162 valence electrons. The number of urea groups is 1. The molecule has 3 aromatic rings. The molecule has 0 unspecified atom stereocenters. The predicted octanol–water partition coefficient (Wildman–Crippen LogP) is 4.31. The second kappa shape index (κ2) is 10.8. The molecule has 0 saturated heterocycles. The van der Waals surface area contributed by atoms with Crippen LogP contribution >= 0.6 is 0 Å². The van der Waals surface area contributed by atoms with Gasteiger partial charge in [0.05, 0.1) is 17.9 Å². The molecule has 2 amide bonds. The number of ether oxygens (including phenoxy) is 1. The lowest BCUT2D eigenvalue weighted by molar-refractivity contribution is -0.384. The normalized spacial score (nSPS) is 10.5. The highest BCUT2D eigenvalue weighted by Crippen LogP contribution is 2.19. The van der Waals surface area contributed by atoms with Crippen LogP contribution in [0, 0.1) is 10.1 Å². The van der Waals surface area contributed by atoms with Gasteiger partial charge in [-0.05, 0) is 37.1 Å². The van der Waals surface area contributed by atoms with E-state index >= 15 is 0 Å². The van der Waals surface area contributed by atoms with Crippen molar-refractivity contribution in [1.29, 1.82) is 0 Å². The first-order valence-electron chi connectivity index (χ1n) is 10.0. The second-order valence-corrected chi connectivity index (χ2v) is 6.89. The maximum atomic E-state index is 13.0. The van der Waals surface area contributed by atoms with E-state index in [1.807, 2.05) is 42.0 Å². The Morgan fingerprint density at radius 1 is 1.26 bits per heavy atom. The fourth-order valence-electron chi connectivity index (χ4n) is 3.09. The summed E-state index contributed by atoms with van der Waals surface area (Å²) in [6.07, 6.45) is 6.06. The van der Waals surface area contributed by atoms with E-state index in [1.54, 1.807) is 29.6 Å². The average Bonchev–Trinajstić information content (AvgIpc) is 3.28. The quantitative estimate of drug-likeness (QED) is 0.387. The number of nitrogens with one attached hydrogen (secondary N) is 1. The van der Waals surface area contributed by atoms with Gasteiger partial charge in [-0.25, -0.2) is 9.78 Å². The number of hydrogen-bond acceptors (Lipinski definition) is 5. The van der Waals surface area contributed by atoms with Gasteiger partial charge < -0.3 is 19.5 Å². The number of aromatic nitrogens is 2. The molecule has 0 spiro atoms. The molecule has 0 saturated carbocycles. The van der Waals surface area contributed by atoms with Crippen molar-refractivity contribution in [3.63, 3.8) is 0 Å². The van der Waals surface area contributed by atoms with Crippen LogP contribution in [0.3, 0.4) is 0 Å². The van der Waals surface area contributed by atoms with Crippen LogP contribution in [0.1, 0.15) is 18.9 Å². The number of non-ortho nitro benzene ring substituents is 1. The highest BCUT2D eigenvalue weighted by molar-refractivity contribution is 5.89. The Labute approximate surface area is 180 Å². The van der Waals surface area contributed by atoms with Crippen LogP contribution in [-0.4, -0.2) is 38.6 Å². The van der Waals surface area contributed by atoms with E-state index in [0.717, 1.165) is 24.3 Å². The lowest BCUT2D eigenvalue weighted by Gasteiger charge is -2.23. The minimum absolute atomic E-state index is 0.0732. The third-order valence-electron chi connectivity index (χ3n) is 4.61. The van der Waals surface area contributed by atoms with E-state index in [1.165, 1.54) is 12.1 Å². The van der Waals surface area contributed by atoms with Crippen molar-refractivity contribution in [2.75, 3.05) is 18.5 Å². The highest BCUT2D eigenvalue weighted by Gasteiger charge is 2.16. The van der Waals surface area contributed by atoms with Gasteiger partial charge >= 0.3 is 6.03 Å². The van der Waals surface area contributed by atoms with Crippen LogP contribution in [0.25, 0.3) is 0 Å². The summed E-state index contributed by atoms with van der Waals surface area (Å²) in [5.74, 6) is 0.777. The predicted molar refractivity (Wildman–Crippen MR) is 117 cm³/mol. The lowest BCUT2D eigenvalue weighted by atomic mass is 10.2. The second-order valence-electron chi connectivity index (χ2n) is 6.89. The van der Waals surface area contributed by atoms with Gasteiger partial charge in [-0.2, -0.15) is 0 Å². The maximum absolute atomic E-state index is 13.0. The molecule has 0 atom stereocenters. The third-order valence-corrected chi connectivity index (χ3v) is 4.61. The first kappa shape index (κ1) is 21.8. The zero-order chi connectivity index (χ0) is 22.1. The van der Waals surface area contributed by atoms with Crippen LogP contribution in [0.4, 0.5) is 16.2 Å². The summed E-state index contributed by atoms with van der Waals surface area (Å²) in [5.41, 5.74) is 1.27. The van der Waals surface area contributed by atoms with Crippen LogP contribution in [-0.2, 0) is 13.1 Å². The summed E-state index contributed by atoms with van der Waals surface area (Å²) in [6.45, 7) is 4.15. The van der Waals surface area contributed by atoms with Crippen molar-refractivity contribution in [2.45, 2.75) is 26.4 Å². The summed E-state index contributed by atoms with van der Waals surface area (Å²) < 4.78 is 7.42. The first-order chi connectivity index (χ1) is 15.0. The summed E-state index contributed by atoms with van der Waals surface area (Å²) in [4.78, 5) is 29.2. The number of aryl methyl sites for hydroxylation is 1. The Kier molecular flexibility index (Phi) is 7.58. The number of rotatable bonds is 10. The molecule has 0 aliphatic heterocycles. The van der Waals surface area contributed by atoms with E-state index < -0.39 is 4.92 Å². The number of amides is 2. The van der Waals surface area contributed by atoms with Crippen molar-refractivity contribution < 1.29 is 14.5 Å². The standard InChI is InChI=1S/C22H25N5O4/c1-2-31-21-9-7-18(8-10-21)16-26(13-4-12-25-14-11-23-17-25)22(28)24-19-5-3-6-20(15-19)27(29)30/h3,5-11,14-15,17H,2,4,12-13,16H2,1H3,(H,24,28). The Bertz CT molecular complexity index is 989. The minimum atomic E-state index is -0.488. The third kappa shape index (κ3) is 6.56. The fraction of sp³-hybridized carbons (Fsp3) is 0.273. The van der Waals surface area contributed by atoms with Crippen molar-refractivity contribution in [1.82, 2.24) is 14.5 Å². The molecule has 2 aromatic carbocycles. The number of carbonyl (C=O) groups is 1. The van der Waals surface area contributed by atoms with Crippen molar-refractivity contribution in [3.05, 3.63) is 82.9 Å². The molecule has 1 N–H and O–H groups in total. The van der Waals surface area contributed by atoms with Gasteiger partial charge in [0.1, 0.15) is 5.75 Å². The molecule has 0 radical (unpaired) electrons. The molecule has 0 fully saturated rings. The number of hydrogen-bond donors (Lipinski definition) is 1. The summed E-state index contributed by atoms with van der Waals surface area (Å²) in [5, 5.41) is 13.8. The molecular formula is C22H25N5O4. The van der Waals surface area contributed by atoms with E-state index in [4.69, 9.17) is 4.74 Å². The van der Waals surface area contributed by atoms with Gasteiger partial charge in [0.15, 0.2) is 0 Å². The molecule has 3 rings (SSSR count). The molecule has 1 heterocycles. The van der Waals surface area contributed by atoms with Crippen LogP contribution in [0.15, 0.2) is 67.3 Å². The smallest absolute Gasteiger partial charge is 0.322 e. The van der Waals surface area contributed by atoms with Gasteiger partial charge in [0.2, 0.25) is 0 Å². The summed E-state index contributed by atoms with van der Waals surface area (Å²) >= 11 is 0. The van der Waals surface area contributed by atoms with Gasteiger partial charge in [0, 0.05) is 49.8 Å². The van der Waals surface area contributed by atoms with E-state index in [2.05, 4.69) is 10.3 Å². The zero-order valence-corrected chi connectivity index (χ0v) is 17.3. The van der Waals surface area contributed by atoms with E-state index in [0.29, 0.717) is 25.4 Å². The van der Waals surface area contributed by atoms with E-state index in [9.17, 15) is 14.9 Å². The number of benzene rings is 2. The Morgan fingerprint density at radius 3 is 2.74 bits per heavy atom. The van der Waals surface area contributed by atoms with Crippen molar-refractivity contribution >= 4 is 17.4 Å². The van der Waals surface area contributed by atoms with Gasteiger partial charge in [-0.15, -0.1) is 0 Å². The Balaban J connectivity index is 1.69. The lowest BCUT2D eigenvalue weighted by Crippen LogP contribution is -2.35. The fourth-order valence-corrected chi connectivity index (χ4v) is 3.09. The average molecular weight is 423 g/mol. The van der Waals surface area contributed by atoms with Crippen LogP contribution in [0.5, 0.6) is 5.75 Å². The summed E-state index contributed by atoms with van der Waals surface area (Å²) in [7, 11) is 0. The molecule has 31 heavy (non-hydrogen) atoms. The Hall–Kier alpha value is -3.88.